The molecule has 0 saturated heterocycles. The van der Waals surface area contributed by atoms with Crippen molar-refractivity contribution in [2.75, 3.05) is 27.7 Å². The van der Waals surface area contributed by atoms with Crippen LogP contribution in [-0.4, -0.2) is 54.3 Å². The summed E-state index contributed by atoms with van der Waals surface area (Å²) in [6, 6.07) is 8.20. The molecule has 0 saturated carbocycles. The fourth-order valence-corrected chi connectivity index (χ4v) is 1.43. The summed E-state index contributed by atoms with van der Waals surface area (Å²) in [7, 11) is 5.28. The normalized spacial score (nSPS) is 12.3. The van der Waals surface area contributed by atoms with E-state index in [-0.39, 0.29) is 16.6 Å². The van der Waals surface area contributed by atoms with Crippen LogP contribution < -0.4 is 0 Å². The molecule has 0 radical (unpaired) electrons. The van der Waals surface area contributed by atoms with E-state index in [9.17, 15) is 15.0 Å². The van der Waals surface area contributed by atoms with Crippen LogP contribution in [0.15, 0.2) is 30.3 Å². The van der Waals surface area contributed by atoms with E-state index in [0.717, 1.165) is 0 Å². The molecule has 0 unspecified atom stereocenters. The van der Waals surface area contributed by atoms with Crippen molar-refractivity contribution in [2.45, 2.75) is 5.97 Å². The van der Waals surface area contributed by atoms with Crippen LogP contribution in [0.4, 0.5) is 0 Å². The second kappa shape index (κ2) is 4.83. The van der Waals surface area contributed by atoms with E-state index < -0.39 is 11.9 Å². The van der Waals surface area contributed by atoms with Gasteiger partial charge in [0.15, 0.2) is 6.54 Å². The molecule has 5 nitrogen and oxygen atoms in total. The zero-order chi connectivity index (χ0) is 13.1. The van der Waals surface area contributed by atoms with Gasteiger partial charge in [-0.2, -0.15) is 0 Å². The quantitative estimate of drug-likeness (QED) is 0.448. The highest BCUT2D eigenvalue weighted by Gasteiger charge is 2.35. The summed E-state index contributed by atoms with van der Waals surface area (Å²) >= 11 is 0. The Labute approximate surface area is 100 Å². The van der Waals surface area contributed by atoms with Crippen LogP contribution in [0.3, 0.4) is 0 Å². The summed E-state index contributed by atoms with van der Waals surface area (Å²) in [5.74, 6) is -3.23. The molecule has 1 rings (SSSR count). The lowest BCUT2D eigenvalue weighted by atomic mass is 10.2. The molecule has 1 aromatic rings. The van der Waals surface area contributed by atoms with Gasteiger partial charge in [-0.25, -0.2) is 4.79 Å². The van der Waals surface area contributed by atoms with E-state index in [1.165, 1.54) is 0 Å². The molecule has 0 heterocycles. The molecule has 0 aromatic heterocycles. The molecule has 0 aliphatic rings. The van der Waals surface area contributed by atoms with Crippen molar-refractivity contribution in [2.24, 2.45) is 0 Å². The van der Waals surface area contributed by atoms with E-state index in [1.807, 2.05) is 0 Å². The van der Waals surface area contributed by atoms with E-state index in [0.29, 0.717) is 0 Å². The molecular formula is C12H18NO4+. The third-order valence-corrected chi connectivity index (χ3v) is 1.95. The van der Waals surface area contributed by atoms with Gasteiger partial charge in [-0.3, -0.25) is 0 Å². The molecule has 1 aromatic carbocycles. The lowest BCUT2D eigenvalue weighted by molar-refractivity contribution is -0.885. The Morgan fingerprint density at radius 3 is 2.24 bits per heavy atom. The first-order valence-electron chi connectivity index (χ1n) is 5.23. The summed E-state index contributed by atoms with van der Waals surface area (Å²) in [6.07, 6.45) is 0. The van der Waals surface area contributed by atoms with Gasteiger partial charge in [0, 0.05) is 0 Å². The average Bonchev–Trinajstić information content (AvgIpc) is 2.14. The highest BCUT2D eigenvalue weighted by molar-refractivity contribution is 5.89. The third kappa shape index (κ3) is 4.95. The van der Waals surface area contributed by atoms with Crippen molar-refractivity contribution in [3.8, 4) is 0 Å². The summed E-state index contributed by atoms with van der Waals surface area (Å²) < 4.78 is 4.92. The number of ether oxygens (including phenoxy) is 1. The van der Waals surface area contributed by atoms with Gasteiger partial charge >= 0.3 is 11.9 Å². The zero-order valence-electron chi connectivity index (χ0n) is 10.3. The number of aliphatic hydroxyl groups is 2. The van der Waals surface area contributed by atoms with Crippen LogP contribution >= 0.6 is 0 Å². The minimum atomic E-state index is -2.47. The van der Waals surface area contributed by atoms with Crippen molar-refractivity contribution in [1.82, 2.24) is 0 Å². The number of benzene rings is 1. The Morgan fingerprint density at radius 2 is 1.76 bits per heavy atom. The first-order valence-corrected chi connectivity index (χ1v) is 5.23. The molecule has 0 spiro atoms. The number of esters is 1. The largest absolute Gasteiger partial charge is 0.400 e. The topological polar surface area (TPSA) is 66.8 Å². The Kier molecular flexibility index (Phi) is 3.87. The molecule has 5 heteroatoms. The summed E-state index contributed by atoms with van der Waals surface area (Å²) in [5, 5.41) is 19.2. The van der Waals surface area contributed by atoms with E-state index in [4.69, 9.17) is 0 Å². The lowest BCUT2D eigenvalue weighted by Crippen LogP contribution is -2.51. The monoisotopic (exact) mass is 240 g/mol. The van der Waals surface area contributed by atoms with Gasteiger partial charge in [-0.1, -0.05) is 18.2 Å². The maximum Gasteiger partial charge on any atom is 0.376 e. The molecular weight excluding hydrogens is 222 g/mol. The van der Waals surface area contributed by atoms with Gasteiger partial charge < -0.3 is 19.4 Å². The SMILES string of the molecule is C[N+](C)(C)CC(O)(O)OC(=O)c1ccccc1. The van der Waals surface area contributed by atoms with Gasteiger partial charge in [0.05, 0.1) is 26.7 Å². The van der Waals surface area contributed by atoms with Crippen LogP contribution in [0.2, 0.25) is 0 Å². The minimum Gasteiger partial charge on any atom is -0.400 e. The van der Waals surface area contributed by atoms with Gasteiger partial charge in [-0.05, 0) is 12.1 Å². The second-order valence-corrected chi connectivity index (χ2v) is 4.95. The average molecular weight is 240 g/mol. The van der Waals surface area contributed by atoms with Gasteiger partial charge in [0.25, 0.3) is 0 Å². The maximum atomic E-state index is 11.6. The van der Waals surface area contributed by atoms with Crippen molar-refractivity contribution in [3.63, 3.8) is 0 Å². The molecule has 0 fully saturated rings. The summed E-state index contributed by atoms with van der Waals surface area (Å²) in [6.45, 7) is -0.119. The van der Waals surface area contributed by atoms with E-state index in [2.05, 4.69) is 4.74 Å². The minimum absolute atomic E-state index is 0.119. The van der Waals surface area contributed by atoms with Crippen LogP contribution in [0.25, 0.3) is 0 Å². The van der Waals surface area contributed by atoms with Crippen molar-refractivity contribution in [1.29, 1.82) is 0 Å². The Hall–Kier alpha value is -1.43. The predicted molar refractivity (Wildman–Crippen MR) is 61.9 cm³/mol. The molecule has 2 N–H and O–H groups in total. The highest BCUT2D eigenvalue weighted by Crippen LogP contribution is 2.11. The van der Waals surface area contributed by atoms with Crippen LogP contribution in [-0.2, 0) is 4.74 Å². The Morgan fingerprint density at radius 1 is 1.24 bits per heavy atom. The number of hydrogen-bond acceptors (Lipinski definition) is 4. The molecule has 94 valence electrons. The van der Waals surface area contributed by atoms with Crippen molar-refractivity contribution < 1.29 is 24.2 Å². The maximum absolute atomic E-state index is 11.6. The van der Waals surface area contributed by atoms with E-state index in [1.54, 1.807) is 51.5 Å². The van der Waals surface area contributed by atoms with Crippen LogP contribution in [0, 0.1) is 0 Å². The number of nitrogens with zero attached hydrogens (tertiary/aromatic N) is 1. The molecule has 0 amide bonds. The molecule has 17 heavy (non-hydrogen) atoms. The van der Waals surface area contributed by atoms with Gasteiger partial charge in [-0.15, -0.1) is 0 Å². The fourth-order valence-electron chi connectivity index (χ4n) is 1.43. The fraction of sp³-hybridized carbons (Fsp3) is 0.417. The molecule has 0 aliphatic carbocycles. The number of rotatable bonds is 4. The molecule has 0 aliphatic heterocycles. The van der Waals surface area contributed by atoms with Gasteiger partial charge in [0.1, 0.15) is 0 Å². The van der Waals surface area contributed by atoms with Crippen molar-refractivity contribution >= 4 is 5.97 Å². The lowest BCUT2D eigenvalue weighted by Gasteiger charge is -2.30. The zero-order valence-corrected chi connectivity index (χ0v) is 10.3. The Balaban J connectivity index is 2.69. The van der Waals surface area contributed by atoms with E-state index >= 15 is 0 Å². The first kappa shape index (κ1) is 13.6. The number of hydrogen-bond donors (Lipinski definition) is 2. The van der Waals surface area contributed by atoms with Crippen LogP contribution in [0.1, 0.15) is 10.4 Å². The van der Waals surface area contributed by atoms with Crippen LogP contribution in [0.5, 0.6) is 0 Å². The number of quaternary nitrogens is 1. The standard InChI is InChI=1S/C12H18NO4/c1-13(2,3)9-12(15,16)17-11(14)10-7-5-4-6-8-10/h4-8,15-16H,9H2,1-3H3/q+1. The molecule has 0 atom stereocenters. The Bertz CT molecular complexity index is 381. The van der Waals surface area contributed by atoms with Gasteiger partial charge in [0.2, 0.25) is 0 Å². The smallest absolute Gasteiger partial charge is 0.376 e. The predicted octanol–water partition coefficient (Wildman–Crippen LogP) is 0.188. The number of likely N-dealkylation sites (N-methyl/N-ethyl adjacent to an activating group) is 1. The number of carbonyl (C=O) groups is 1. The number of carbonyl (C=O) groups excluding carboxylic acids is 1. The second-order valence-electron chi connectivity index (χ2n) is 4.95. The first-order chi connectivity index (χ1) is 7.70. The molecule has 0 bridgehead atoms. The third-order valence-electron chi connectivity index (χ3n) is 1.95. The summed E-state index contributed by atoms with van der Waals surface area (Å²) in [5.41, 5.74) is 0.279. The van der Waals surface area contributed by atoms with Crippen molar-refractivity contribution in [3.05, 3.63) is 35.9 Å². The summed E-state index contributed by atoms with van der Waals surface area (Å²) in [4.78, 5) is 11.6. The highest BCUT2D eigenvalue weighted by atomic mass is 16.8.